The molecule has 0 radical (unpaired) electrons. The molecule has 1 aliphatic rings. The number of rotatable bonds is 8. The third kappa shape index (κ3) is 7.13. The van der Waals surface area contributed by atoms with E-state index in [9.17, 15) is 4.79 Å². The van der Waals surface area contributed by atoms with Crippen LogP contribution in [-0.2, 0) is 27.5 Å². The molecule has 7 heteroatoms. The van der Waals surface area contributed by atoms with Crippen LogP contribution in [0.1, 0.15) is 17.5 Å². The van der Waals surface area contributed by atoms with E-state index in [1.165, 1.54) is 0 Å². The number of nitrogens with one attached hydrogen (secondary N) is 2. The fourth-order valence-corrected chi connectivity index (χ4v) is 2.93. The van der Waals surface area contributed by atoms with Gasteiger partial charge in [-0.15, -0.1) is 12.4 Å². The number of hydrogen-bond donors (Lipinski definition) is 2. The molecule has 0 saturated carbocycles. The number of benzene rings is 2. The second kappa shape index (κ2) is 11.7. The van der Waals surface area contributed by atoms with E-state index in [-0.39, 0.29) is 24.4 Å². The maximum atomic E-state index is 12.2. The minimum atomic E-state index is -0.0192. The van der Waals surface area contributed by atoms with Gasteiger partial charge in [-0.1, -0.05) is 24.3 Å². The van der Waals surface area contributed by atoms with Gasteiger partial charge >= 0.3 is 0 Å². The van der Waals surface area contributed by atoms with Crippen molar-refractivity contribution in [2.45, 2.75) is 25.7 Å². The van der Waals surface area contributed by atoms with Crippen molar-refractivity contribution in [3.63, 3.8) is 0 Å². The first kappa shape index (κ1) is 22.2. The molecule has 1 fully saturated rings. The maximum absolute atomic E-state index is 12.2. The molecule has 3 rings (SSSR count). The van der Waals surface area contributed by atoms with Crippen molar-refractivity contribution in [1.82, 2.24) is 5.32 Å². The summed E-state index contributed by atoms with van der Waals surface area (Å²) in [6.45, 7) is 3.07. The summed E-state index contributed by atoms with van der Waals surface area (Å²) in [7, 11) is 1.65. The number of carbonyl (C=O) groups is 1. The molecule has 1 aliphatic heterocycles. The molecule has 6 nitrogen and oxygen atoms in total. The van der Waals surface area contributed by atoms with Gasteiger partial charge < -0.3 is 24.8 Å². The molecule has 1 heterocycles. The lowest BCUT2D eigenvalue weighted by Gasteiger charge is -2.23. The van der Waals surface area contributed by atoms with Crippen LogP contribution in [0.4, 0.5) is 5.69 Å². The van der Waals surface area contributed by atoms with Crippen LogP contribution >= 0.6 is 12.4 Å². The molecule has 0 aliphatic carbocycles. The van der Waals surface area contributed by atoms with Crippen LogP contribution < -0.4 is 15.4 Å². The van der Waals surface area contributed by atoms with Crippen LogP contribution in [-0.4, -0.2) is 38.8 Å². The Hall–Kier alpha value is -2.12. The van der Waals surface area contributed by atoms with Crippen LogP contribution in [0.3, 0.4) is 0 Å². The van der Waals surface area contributed by atoms with Crippen LogP contribution in [0.5, 0.6) is 5.75 Å². The lowest BCUT2D eigenvalue weighted by molar-refractivity contribution is -0.117. The minimum absolute atomic E-state index is 0. The third-order valence-electron chi connectivity index (χ3n) is 4.34. The molecule has 2 aromatic carbocycles. The van der Waals surface area contributed by atoms with Crippen LogP contribution in [0.15, 0.2) is 48.5 Å². The van der Waals surface area contributed by atoms with Gasteiger partial charge in [0.2, 0.25) is 5.91 Å². The van der Waals surface area contributed by atoms with Crippen molar-refractivity contribution >= 4 is 24.0 Å². The summed E-state index contributed by atoms with van der Waals surface area (Å²) in [4.78, 5) is 12.2. The number of anilines is 1. The number of morpholine rings is 1. The highest BCUT2D eigenvalue weighted by Gasteiger charge is 2.16. The van der Waals surface area contributed by atoms with Gasteiger partial charge in [0.1, 0.15) is 5.75 Å². The van der Waals surface area contributed by atoms with E-state index >= 15 is 0 Å². The average Bonchev–Trinajstić information content (AvgIpc) is 2.69. The molecule has 1 saturated heterocycles. The summed E-state index contributed by atoms with van der Waals surface area (Å²) < 4.78 is 16.3. The Morgan fingerprint density at radius 1 is 1.18 bits per heavy atom. The highest BCUT2D eigenvalue weighted by molar-refractivity contribution is 5.91. The number of amides is 1. The van der Waals surface area contributed by atoms with E-state index < -0.39 is 0 Å². The Balaban J connectivity index is 0.00000280. The average molecular weight is 407 g/mol. The summed E-state index contributed by atoms with van der Waals surface area (Å²) in [6.07, 6.45) is 0.401. The molecule has 1 unspecified atom stereocenters. The van der Waals surface area contributed by atoms with E-state index in [0.29, 0.717) is 32.8 Å². The monoisotopic (exact) mass is 406 g/mol. The van der Waals surface area contributed by atoms with Gasteiger partial charge in [0.15, 0.2) is 0 Å². The van der Waals surface area contributed by atoms with Gasteiger partial charge in [-0.2, -0.15) is 0 Å². The van der Waals surface area contributed by atoms with Crippen molar-refractivity contribution in [3.8, 4) is 5.75 Å². The largest absolute Gasteiger partial charge is 0.497 e. The summed E-state index contributed by atoms with van der Waals surface area (Å²) in [5.41, 5.74) is 2.88. The van der Waals surface area contributed by atoms with Crippen molar-refractivity contribution < 1.29 is 19.0 Å². The first-order valence-corrected chi connectivity index (χ1v) is 9.13. The molecule has 1 atom stereocenters. The Bertz CT molecular complexity index is 733. The van der Waals surface area contributed by atoms with E-state index in [1.807, 2.05) is 48.5 Å². The fraction of sp³-hybridized carbons (Fsp3) is 0.381. The second-order valence-corrected chi connectivity index (χ2v) is 6.52. The Morgan fingerprint density at radius 3 is 2.68 bits per heavy atom. The van der Waals surface area contributed by atoms with Gasteiger partial charge in [-0.25, -0.2) is 0 Å². The number of methoxy groups -OCH3 is 1. The quantitative estimate of drug-likeness (QED) is 0.704. The van der Waals surface area contributed by atoms with E-state index in [2.05, 4.69) is 10.6 Å². The predicted molar refractivity (Wildman–Crippen MR) is 111 cm³/mol. The van der Waals surface area contributed by atoms with Crippen molar-refractivity contribution in [1.29, 1.82) is 0 Å². The summed E-state index contributed by atoms with van der Waals surface area (Å²) in [5, 5.41) is 6.23. The Kier molecular flexibility index (Phi) is 9.23. The zero-order valence-electron chi connectivity index (χ0n) is 16.0. The Labute approximate surface area is 172 Å². The van der Waals surface area contributed by atoms with Gasteiger partial charge in [0.05, 0.1) is 33.5 Å². The molecule has 152 valence electrons. The normalized spacial score (nSPS) is 16.1. The van der Waals surface area contributed by atoms with Crippen LogP contribution in [0.25, 0.3) is 0 Å². The first-order valence-electron chi connectivity index (χ1n) is 9.13. The third-order valence-corrected chi connectivity index (χ3v) is 4.34. The first-order chi connectivity index (χ1) is 13.2. The molecule has 1 amide bonds. The fourth-order valence-electron chi connectivity index (χ4n) is 2.93. The summed E-state index contributed by atoms with van der Waals surface area (Å²) >= 11 is 0. The Morgan fingerprint density at radius 2 is 1.96 bits per heavy atom. The highest BCUT2D eigenvalue weighted by Crippen LogP contribution is 2.15. The SMILES string of the molecule is COc1ccc(COCc2cccc(NC(=O)CC3COCCN3)c2)cc1.Cl. The van der Waals surface area contributed by atoms with Gasteiger partial charge in [0, 0.05) is 24.7 Å². The molecule has 2 N–H and O–H groups in total. The number of hydrogen-bond acceptors (Lipinski definition) is 5. The number of halogens is 1. The van der Waals surface area contributed by atoms with Crippen molar-refractivity contribution in [2.75, 3.05) is 32.2 Å². The number of carbonyl (C=O) groups excluding carboxylic acids is 1. The van der Waals surface area contributed by atoms with Crippen molar-refractivity contribution in [2.24, 2.45) is 0 Å². The molecule has 0 spiro atoms. The van der Waals surface area contributed by atoms with Crippen LogP contribution in [0.2, 0.25) is 0 Å². The van der Waals surface area contributed by atoms with Crippen molar-refractivity contribution in [3.05, 3.63) is 59.7 Å². The zero-order valence-corrected chi connectivity index (χ0v) is 16.8. The topological polar surface area (TPSA) is 68.8 Å². The van der Waals surface area contributed by atoms with Gasteiger partial charge in [-0.3, -0.25) is 4.79 Å². The zero-order chi connectivity index (χ0) is 18.9. The molecule has 0 bridgehead atoms. The lowest BCUT2D eigenvalue weighted by atomic mass is 10.1. The van der Waals surface area contributed by atoms with Gasteiger partial charge in [0.25, 0.3) is 0 Å². The summed E-state index contributed by atoms with van der Waals surface area (Å²) in [5.74, 6) is 0.812. The molecule has 2 aromatic rings. The minimum Gasteiger partial charge on any atom is -0.497 e. The predicted octanol–water partition coefficient (Wildman–Crippen LogP) is 3.15. The summed E-state index contributed by atoms with van der Waals surface area (Å²) in [6, 6.07) is 15.6. The molecule has 28 heavy (non-hydrogen) atoms. The number of ether oxygens (including phenoxy) is 3. The van der Waals surface area contributed by atoms with E-state index in [1.54, 1.807) is 7.11 Å². The van der Waals surface area contributed by atoms with Gasteiger partial charge in [-0.05, 0) is 35.4 Å². The van der Waals surface area contributed by atoms with E-state index in [4.69, 9.17) is 14.2 Å². The standard InChI is InChI=1S/C21H26N2O4.ClH/c1-25-20-7-5-16(6-8-20)13-27-14-17-3-2-4-18(11-17)23-21(24)12-19-15-26-10-9-22-19;/h2-8,11,19,22H,9-10,12-15H2,1H3,(H,23,24);1H. The molecular weight excluding hydrogens is 380 g/mol. The maximum Gasteiger partial charge on any atom is 0.226 e. The smallest absolute Gasteiger partial charge is 0.226 e. The molecule has 0 aromatic heterocycles. The lowest BCUT2D eigenvalue weighted by Crippen LogP contribution is -2.43. The van der Waals surface area contributed by atoms with Crippen LogP contribution in [0, 0.1) is 0 Å². The van der Waals surface area contributed by atoms with E-state index in [0.717, 1.165) is 29.1 Å². The second-order valence-electron chi connectivity index (χ2n) is 6.52. The molecular formula is C21H27ClN2O4. The highest BCUT2D eigenvalue weighted by atomic mass is 35.5.